The summed E-state index contributed by atoms with van der Waals surface area (Å²) >= 11 is 5.92. The molecule has 1 nitrogen and oxygen atoms in total. The standard InChI is InChI=1S/C23H28ClO/c1-18(24)17-25-23-15-13-22(14-16-23)21-11-9-20(10-12-21)8-7-19-5-3-2-4-6-19/h2,9-16,18-19H,3-8,17H2,1H3/t18-/m1/s1. The average molecular weight is 356 g/mol. The molecule has 25 heavy (non-hydrogen) atoms. The molecule has 2 heteroatoms. The van der Waals surface area contributed by atoms with Gasteiger partial charge in [0, 0.05) is 0 Å². The highest BCUT2D eigenvalue weighted by molar-refractivity contribution is 6.20. The lowest BCUT2D eigenvalue weighted by atomic mass is 9.85. The fourth-order valence-corrected chi connectivity index (χ4v) is 3.54. The Morgan fingerprint density at radius 1 is 0.960 bits per heavy atom. The fraction of sp³-hybridized carbons (Fsp3) is 0.435. The Kier molecular flexibility index (Phi) is 6.81. The lowest BCUT2D eigenvalue weighted by Gasteiger charge is -2.21. The molecule has 2 aromatic rings. The molecule has 1 fully saturated rings. The maximum absolute atomic E-state index is 5.92. The molecular formula is C23H28ClO. The van der Waals surface area contributed by atoms with E-state index in [9.17, 15) is 0 Å². The van der Waals surface area contributed by atoms with E-state index in [2.05, 4.69) is 42.8 Å². The van der Waals surface area contributed by atoms with Gasteiger partial charge in [-0.3, -0.25) is 0 Å². The van der Waals surface area contributed by atoms with E-state index in [0.717, 1.165) is 11.7 Å². The highest BCUT2D eigenvalue weighted by Gasteiger charge is 2.13. The summed E-state index contributed by atoms with van der Waals surface area (Å²) in [6, 6.07) is 17.3. The minimum atomic E-state index is 0.0268. The van der Waals surface area contributed by atoms with Gasteiger partial charge in [-0.2, -0.15) is 0 Å². The molecule has 2 aromatic carbocycles. The Bertz CT molecular complexity index is 624. The third-order valence-corrected chi connectivity index (χ3v) is 5.15. The second kappa shape index (κ2) is 9.29. The van der Waals surface area contributed by atoms with Crippen LogP contribution >= 0.6 is 11.6 Å². The molecule has 1 aliphatic rings. The first-order valence-electron chi connectivity index (χ1n) is 9.48. The second-order valence-electron chi connectivity index (χ2n) is 7.16. The Morgan fingerprint density at radius 3 is 2.16 bits per heavy atom. The van der Waals surface area contributed by atoms with Crippen LogP contribution in [0, 0.1) is 12.3 Å². The normalized spacial score (nSPS) is 16.6. The number of alkyl halides is 1. The van der Waals surface area contributed by atoms with Crippen LogP contribution in [0.4, 0.5) is 0 Å². The largest absolute Gasteiger partial charge is 0.492 e. The van der Waals surface area contributed by atoms with Gasteiger partial charge in [0.05, 0.1) is 5.38 Å². The number of benzene rings is 2. The summed E-state index contributed by atoms with van der Waals surface area (Å²) in [6.45, 7) is 2.47. The molecule has 3 rings (SSSR count). The Morgan fingerprint density at radius 2 is 1.56 bits per heavy atom. The molecule has 0 N–H and O–H groups in total. The maximum atomic E-state index is 5.92. The van der Waals surface area contributed by atoms with E-state index >= 15 is 0 Å². The minimum Gasteiger partial charge on any atom is -0.492 e. The van der Waals surface area contributed by atoms with Crippen LogP contribution in [0.3, 0.4) is 0 Å². The van der Waals surface area contributed by atoms with Gasteiger partial charge in [0.2, 0.25) is 0 Å². The van der Waals surface area contributed by atoms with Crippen LogP contribution in [0.15, 0.2) is 48.5 Å². The minimum absolute atomic E-state index is 0.0268. The van der Waals surface area contributed by atoms with E-state index in [-0.39, 0.29) is 5.38 Å². The molecule has 1 aliphatic carbocycles. The summed E-state index contributed by atoms with van der Waals surface area (Å²) in [5.41, 5.74) is 3.93. The monoisotopic (exact) mass is 355 g/mol. The molecular weight excluding hydrogens is 328 g/mol. The van der Waals surface area contributed by atoms with Crippen LogP contribution in [0.5, 0.6) is 5.75 Å². The molecule has 0 spiro atoms. The van der Waals surface area contributed by atoms with Crippen LogP contribution in [-0.2, 0) is 6.42 Å². The lowest BCUT2D eigenvalue weighted by Crippen LogP contribution is -2.07. The Labute approximate surface area is 157 Å². The maximum Gasteiger partial charge on any atom is 0.119 e. The molecule has 133 valence electrons. The Balaban J connectivity index is 1.54. The van der Waals surface area contributed by atoms with Crippen molar-refractivity contribution < 1.29 is 4.74 Å². The van der Waals surface area contributed by atoms with E-state index in [1.54, 1.807) is 0 Å². The first-order valence-corrected chi connectivity index (χ1v) is 9.92. The molecule has 1 atom stereocenters. The highest BCUT2D eigenvalue weighted by Crippen LogP contribution is 2.28. The SMILES string of the molecule is C[C@@H](Cl)COc1ccc(-c2ccc(CCC3CC[CH]CC3)cc2)cc1. The van der Waals surface area contributed by atoms with Gasteiger partial charge in [-0.15, -0.1) is 11.6 Å². The van der Waals surface area contributed by atoms with E-state index in [0.29, 0.717) is 6.61 Å². The number of hydrogen-bond donors (Lipinski definition) is 0. The smallest absolute Gasteiger partial charge is 0.119 e. The van der Waals surface area contributed by atoms with Gasteiger partial charge in [0.25, 0.3) is 0 Å². The van der Waals surface area contributed by atoms with Gasteiger partial charge < -0.3 is 4.74 Å². The van der Waals surface area contributed by atoms with E-state index in [1.807, 2.05) is 19.1 Å². The summed E-state index contributed by atoms with van der Waals surface area (Å²) < 4.78 is 5.63. The van der Waals surface area contributed by atoms with Gasteiger partial charge in [0.1, 0.15) is 12.4 Å². The second-order valence-corrected chi connectivity index (χ2v) is 7.91. The number of rotatable bonds is 7. The molecule has 1 saturated carbocycles. The van der Waals surface area contributed by atoms with E-state index in [1.165, 1.54) is 55.2 Å². The zero-order valence-corrected chi connectivity index (χ0v) is 15.8. The summed E-state index contributed by atoms with van der Waals surface area (Å²) in [5, 5.41) is 0.0268. The number of ether oxygens (including phenoxy) is 1. The van der Waals surface area contributed by atoms with Gasteiger partial charge >= 0.3 is 0 Å². The van der Waals surface area contributed by atoms with Crippen molar-refractivity contribution in [2.75, 3.05) is 6.61 Å². The van der Waals surface area contributed by atoms with Gasteiger partial charge in [-0.1, -0.05) is 49.2 Å². The van der Waals surface area contributed by atoms with Crippen molar-refractivity contribution in [2.24, 2.45) is 5.92 Å². The quantitative estimate of drug-likeness (QED) is 0.503. The predicted octanol–water partition coefficient (Wildman–Crippen LogP) is 6.69. The molecule has 0 amide bonds. The van der Waals surface area contributed by atoms with Crippen molar-refractivity contribution in [3.05, 3.63) is 60.5 Å². The first kappa shape index (κ1) is 18.3. The Hall–Kier alpha value is -1.47. The number of aryl methyl sites for hydroxylation is 1. The zero-order chi connectivity index (χ0) is 17.5. The molecule has 0 aliphatic heterocycles. The molecule has 0 aromatic heterocycles. The van der Waals surface area contributed by atoms with Gasteiger partial charge in [-0.25, -0.2) is 0 Å². The van der Waals surface area contributed by atoms with Crippen molar-refractivity contribution in [1.29, 1.82) is 0 Å². The van der Waals surface area contributed by atoms with Gasteiger partial charge in [-0.05, 0) is 73.8 Å². The molecule has 0 saturated heterocycles. The third-order valence-electron chi connectivity index (χ3n) is 5.02. The molecule has 0 heterocycles. The van der Waals surface area contributed by atoms with Crippen molar-refractivity contribution in [1.82, 2.24) is 0 Å². The van der Waals surface area contributed by atoms with Crippen molar-refractivity contribution in [3.8, 4) is 16.9 Å². The van der Waals surface area contributed by atoms with Crippen molar-refractivity contribution in [3.63, 3.8) is 0 Å². The summed E-state index contributed by atoms with van der Waals surface area (Å²) in [6.07, 6.45) is 10.4. The summed E-state index contributed by atoms with van der Waals surface area (Å²) in [7, 11) is 0. The topological polar surface area (TPSA) is 9.23 Å². The van der Waals surface area contributed by atoms with E-state index < -0.39 is 0 Å². The lowest BCUT2D eigenvalue weighted by molar-refractivity contribution is 0.320. The zero-order valence-electron chi connectivity index (χ0n) is 15.1. The summed E-state index contributed by atoms with van der Waals surface area (Å²) in [5.74, 6) is 1.80. The van der Waals surface area contributed by atoms with E-state index in [4.69, 9.17) is 16.3 Å². The van der Waals surface area contributed by atoms with Crippen LogP contribution in [0.2, 0.25) is 0 Å². The first-order chi connectivity index (χ1) is 12.2. The van der Waals surface area contributed by atoms with Crippen LogP contribution in [0.25, 0.3) is 11.1 Å². The van der Waals surface area contributed by atoms with Crippen LogP contribution in [0.1, 0.15) is 44.6 Å². The highest BCUT2D eigenvalue weighted by atomic mass is 35.5. The average Bonchev–Trinajstić information content (AvgIpc) is 2.66. The fourth-order valence-electron chi connectivity index (χ4n) is 3.47. The third kappa shape index (κ3) is 5.78. The molecule has 1 radical (unpaired) electrons. The van der Waals surface area contributed by atoms with Crippen molar-refractivity contribution in [2.45, 2.75) is 50.8 Å². The summed E-state index contributed by atoms with van der Waals surface area (Å²) in [4.78, 5) is 0. The molecule has 0 bridgehead atoms. The predicted molar refractivity (Wildman–Crippen MR) is 107 cm³/mol. The van der Waals surface area contributed by atoms with Crippen molar-refractivity contribution >= 4 is 11.6 Å². The number of hydrogen-bond acceptors (Lipinski definition) is 1. The van der Waals surface area contributed by atoms with Crippen LogP contribution < -0.4 is 4.74 Å². The number of halogens is 1. The van der Waals surface area contributed by atoms with Gasteiger partial charge in [0.15, 0.2) is 0 Å². The van der Waals surface area contributed by atoms with Crippen LogP contribution in [-0.4, -0.2) is 12.0 Å². The molecule has 0 unspecified atom stereocenters.